The van der Waals surface area contributed by atoms with Gasteiger partial charge in [0.2, 0.25) is 0 Å². The van der Waals surface area contributed by atoms with E-state index in [0.29, 0.717) is 0 Å². The van der Waals surface area contributed by atoms with Crippen molar-refractivity contribution in [1.82, 2.24) is 0 Å². The third-order valence-electron chi connectivity index (χ3n) is 2.55. The second-order valence-corrected chi connectivity index (χ2v) is 6.38. The van der Waals surface area contributed by atoms with Gasteiger partial charge >= 0.3 is 0 Å². The minimum absolute atomic E-state index is 0.0216. The summed E-state index contributed by atoms with van der Waals surface area (Å²) >= 11 is 0. The van der Waals surface area contributed by atoms with Gasteiger partial charge in [0.1, 0.15) is 0 Å². The maximum atomic E-state index is 2.33. The van der Waals surface area contributed by atoms with Crippen molar-refractivity contribution in [3.63, 3.8) is 0 Å². The summed E-state index contributed by atoms with van der Waals surface area (Å²) in [5, 5.41) is 1.48. The normalized spacial score (nSPS) is 10.4. The van der Waals surface area contributed by atoms with E-state index < -0.39 is 0 Å². The lowest BCUT2D eigenvalue weighted by Crippen LogP contribution is -1.99. The Morgan fingerprint density at radius 2 is 1.71 bits per heavy atom. The standard InChI is InChI=1S/C13H19P/c1-10(2)11(3)12-7-6-8-13(9-12)14(4)5/h6-9H,1-5H3. The van der Waals surface area contributed by atoms with E-state index in [1.165, 1.54) is 22.0 Å². The summed E-state index contributed by atoms with van der Waals surface area (Å²) in [4.78, 5) is 0. The first-order valence-electron chi connectivity index (χ1n) is 4.94. The van der Waals surface area contributed by atoms with Crippen LogP contribution >= 0.6 is 7.92 Å². The fourth-order valence-electron chi connectivity index (χ4n) is 1.31. The first-order chi connectivity index (χ1) is 6.52. The molecule has 0 aliphatic carbocycles. The molecule has 0 fully saturated rings. The first-order valence-corrected chi connectivity index (χ1v) is 7.18. The highest BCUT2D eigenvalue weighted by molar-refractivity contribution is 7.64. The maximum absolute atomic E-state index is 2.33. The summed E-state index contributed by atoms with van der Waals surface area (Å²) < 4.78 is 0. The largest absolute Gasteiger partial charge is 0.0817 e. The van der Waals surface area contributed by atoms with Crippen LogP contribution in [0.15, 0.2) is 29.8 Å². The molecule has 0 radical (unpaired) electrons. The van der Waals surface area contributed by atoms with Crippen molar-refractivity contribution in [3.8, 4) is 0 Å². The molecule has 0 atom stereocenters. The zero-order valence-corrected chi connectivity index (χ0v) is 10.7. The van der Waals surface area contributed by atoms with Crippen molar-refractivity contribution in [2.24, 2.45) is 0 Å². The molecule has 76 valence electrons. The Kier molecular flexibility index (Phi) is 3.89. The fraction of sp³-hybridized carbons (Fsp3) is 0.385. The molecular formula is C13H19P. The molecule has 0 nitrogen and oxygen atoms in total. The van der Waals surface area contributed by atoms with E-state index >= 15 is 0 Å². The van der Waals surface area contributed by atoms with Crippen molar-refractivity contribution in [2.45, 2.75) is 20.8 Å². The van der Waals surface area contributed by atoms with E-state index in [4.69, 9.17) is 0 Å². The Balaban J connectivity index is 3.13. The van der Waals surface area contributed by atoms with Gasteiger partial charge in [-0.3, -0.25) is 0 Å². The van der Waals surface area contributed by atoms with Crippen LogP contribution in [0.2, 0.25) is 0 Å². The van der Waals surface area contributed by atoms with Gasteiger partial charge in [-0.1, -0.05) is 31.7 Å². The Hall–Kier alpha value is -0.610. The number of rotatable bonds is 2. The maximum Gasteiger partial charge on any atom is -0.0222 e. The van der Waals surface area contributed by atoms with Crippen LogP contribution in [-0.4, -0.2) is 13.3 Å². The zero-order chi connectivity index (χ0) is 10.7. The average Bonchev–Trinajstić information content (AvgIpc) is 2.16. The number of allylic oxidation sites excluding steroid dienone is 2. The van der Waals surface area contributed by atoms with E-state index in [2.05, 4.69) is 58.4 Å². The van der Waals surface area contributed by atoms with Crippen LogP contribution in [0, 0.1) is 0 Å². The molecule has 0 bridgehead atoms. The Morgan fingerprint density at radius 1 is 1.07 bits per heavy atom. The Bertz CT molecular complexity index is 344. The average molecular weight is 206 g/mol. The summed E-state index contributed by atoms with van der Waals surface area (Å²) in [5.41, 5.74) is 4.18. The molecule has 0 aromatic heterocycles. The predicted molar refractivity (Wildman–Crippen MR) is 68.8 cm³/mol. The van der Waals surface area contributed by atoms with Crippen LogP contribution in [0.5, 0.6) is 0 Å². The minimum atomic E-state index is 0.0216. The van der Waals surface area contributed by atoms with Crippen LogP contribution in [0.3, 0.4) is 0 Å². The van der Waals surface area contributed by atoms with Crippen molar-refractivity contribution in [1.29, 1.82) is 0 Å². The van der Waals surface area contributed by atoms with Gasteiger partial charge in [0.05, 0.1) is 0 Å². The molecule has 14 heavy (non-hydrogen) atoms. The van der Waals surface area contributed by atoms with Crippen molar-refractivity contribution in [2.75, 3.05) is 13.3 Å². The molecule has 0 spiro atoms. The summed E-state index contributed by atoms with van der Waals surface area (Å²) in [5.74, 6) is 0. The van der Waals surface area contributed by atoms with Crippen LogP contribution in [0.25, 0.3) is 5.57 Å². The predicted octanol–water partition coefficient (Wildman–Crippen LogP) is 3.87. The molecule has 1 heteroatoms. The molecule has 0 aliphatic rings. The molecule has 0 amide bonds. The SMILES string of the molecule is CC(C)=C(C)c1cccc(P(C)C)c1. The Labute approximate surface area is 88.8 Å². The van der Waals surface area contributed by atoms with Crippen molar-refractivity contribution in [3.05, 3.63) is 35.4 Å². The van der Waals surface area contributed by atoms with E-state index in [9.17, 15) is 0 Å². The topological polar surface area (TPSA) is 0 Å². The molecule has 0 unspecified atom stereocenters. The third-order valence-corrected chi connectivity index (χ3v) is 3.86. The highest BCUT2D eigenvalue weighted by Crippen LogP contribution is 2.25. The molecule has 1 aromatic rings. The molecule has 0 saturated carbocycles. The zero-order valence-electron chi connectivity index (χ0n) is 9.76. The van der Waals surface area contributed by atoms with Crippen molar-refractivity contribution < 1.29 is 0 Å². The lowest BCUT2D eigenvalue weighted by atomic mass is 10.0. The smallest absolute Gasteiger partial charge is 0.0222 e. The van der Waals surface area contributed by atoms with Gasteiger partial charge in [-0.25, -0.2) is 0 Å². The third kappa shape index (κ3) is 2.69. The number of hydrogen-bond donors (Lipinski definition) is 0. The molecule has 1 rings (SSSR count). The van der Waals surface area contributed by atoms with Gasteiger partial charge in [0, 0.05) is 0 Å². The van der Waals surface area contributed by atoms with Crippen LogP contribution in [0.4, 0.5) is 0 Å². The molecular weight excluding hydrogens is 187 g/mol. The van der Waals surface area contributed by atoms with Gasteiger partial charge in [0.15, 0.2) is 0 Å². The minimum Gasteiger partial charge on any atom is -0.0817 e. The Morgan fingerprint density at radius 3 is 2.21 bits per heavy atom. The van der Waals surface area contributed by atoms with E-state index in [1.54, 1.807) is 0 Å². The summed E-state index contributed by atoms with van der Waals surface area (Å²) in [6.45, 7) is 11.1. The highest BCUT2D eigenvalue weighted by Gasteiger charge is 2.01. The number of hydrogen-bond acceptors (Lipinski definition) is 0. The quantitative estimate of drug-likeness (QED) is 0.644. The van der Waals surface area contributed by atoms with Gasteiger partial charge in [-0.2, -0.15) is 0 Å². The lowest BCUT2D eigenvalue weighted by Gasteiger charge is -2.09. The molecule has 0 aliphatic heterocycles. The van der Waals surface area contributed by atoms with Gasteiger partial charge in [0.25, 0.3) is 0 Å². The van der Waals surface area contributed by atoms with Gasteiger partial charge in [-0.15, -0.1) is 0 Å². The summed E-state index contributed by atoms with van der Waals surface area (Å²) in [7, 11) is 0.0216. The molecule has 0 heterocycles. The molecule has 0 N–H and O–H groups in total. The highest BCUT2D eigenvalue weighted by atomic mass is 31.1. The summed E-state index contributed by atoms with van der Waals surface area (Å²) in [6.07, 6.45) is 0. The fourth-order valence-corrected chi connectivity index (χ4v) is 2.09. The van der Waals surface area contributed by atoms with Crippen LogP contribution < -0.4 is 5.30 Å². The molecule has 1 aromatic carbocycles. The van der Waals surface area contributed by atoms with E-state index in [0.717, 1.165) is 0 Å². The first kappa shape index (κ1) is 11.5. The van der Waals surface area contributed by atoms with Crippen LogP contribution in [0.1, 0.15) is 26.3 Å². The van der Waals surface area contributed by atoms with E-state index in [-0.39, 0.29) is 7.92 Å². The van der Waals surface area contributed by atoms with Gasteiger partial charge in [-0.05, 0) is 56.6 Å². The van der Waals surface area contributed by atoms with E-state index in [1.807, 2.05) is 0 Å². The van der Waals surface area contributed by atoms with Crippen molar-refractivity contribution >= 4 is 18.8 Å². The second-order valence-electron chi connectivity index (χ2n) is 4.07. The van der Waals surface area contributed by atoms with Gasteiger partial charge < -0.3 is 0 Å². The lowest BCUT2D eigenvalue weighted by molar-refractivity contribution is 1.37. The second kappa shape index (κ2) is 4.75. The summed E-state index contributed by atoms with van der Waals surface area (Å²) in [6, 6.07) is 8.92. The van der Waals surface area contributed by atoms with Crippen LogP contribution in [-0.2, 0) is 0 Å². The monoisotopic (exact) mass is 206 g/mol. The number of benzene rings is 1. The molecule has 0 saturated heterocycles.